The van der Waals surface area contributed by atoms with Crippen LogP contribution in [0.3, 0.4) is 0 Å². The van der Waals surface area contributed by atoms with Gasteiger partial charge in [0.15, 0.2) is 0 Å². The Kier molecular flexibility index (Phi) is 6.01. The van der Waals surface area contributed by atoms with Crippen LogP contribution in [0.25, 0.3) is 0 Å². The van der Waals surface area contributed by atoms with Gasteiger partial charge in [-0.05, 0) is 18.7 Å². The topological polar surface area (TPSA) is 69.7 Å². The van der Waals surface area contributed by atoms with E-state index in [0.29, 0.717) is 0 Å². The number of hydrogen-bond donors (Lipinski definition) is 1. The highest BCUT2D eigenvalue weighted by molar-refractivity contribution is 7.90. The van der Waals surface area contributed by atoms with E-state index in [0.717, 1.165) is 50.4 Å². The van der Waals surface area contributed by atoms with E-state index in [1.54, 1.807) is 0 Å². The van der Waals surface area contributed by atoms with Crippen molar-refractivity contribution in [1.29, 1.82) is 0 Å². The third-order valence-corrected chi connectivity index (χ3v) is 4.98. The van der Waals surface area contributed by atoms with Crippen molar-refractivity contribution >= 4 is 27.1 Å². The molecule has 1 saturated heterocycles. The van der Waals surface area contributed by atoms with E-state index >= 15 is 0 Å². The second-order valence-electron chi connectivity index (χ2n) is 5.87. The molecule has 2 rings (SSSR count). The Labute approximate surface area is 138 Å². The van der Waals surface area contributed by atoms with Crippen molar-refractivity contribution in [3.05, 3.63) is 24.3 Å². The number of likely N-dealkylation sites (N-methyl/N-ethyl adjacent to an activating group) is 1. The summed E-state index contributed by atoms with van der Waals surface area (Å²) in [5.74, 6) is -0.397. The third kappa shape index (κ3) is 5.51. The highest BCUT2D eigenvalue weighted by Gasteiger charge is 2.19. The van der Waals surface area contributed by atoms with E-state index in [1.807, 2.05) is 24.3 Å². The van der Waals surface area contributed by atoms with Crippen molar-refractivity contribution in [2.45, 2.75) is 13.3 Å². The first-order chi connectivity index (χ1) is 10.9. The van der Waals surface area contributed by atoms with Crippen molar-refractivity contribution in [2.75, 3.05) is 54.9 Å². The van der Waals surface area contributed by atoms with Crippen molar-refractivity contribution in [3.8, 4) is 0 Å². The molecule has 0 saturated carbocycles. The maximum Gasteiger partial charge on any atom is 0.225 e. The molecule has 23 heavy (non-hydrogen) atoms. The van der Waals surface area contributed by atoms with Gasteiger partial charge in [0.1, 0.15) is 9.84 Å². The molecule has 128 valence electrons. The summed E-state index contributed by atoms with van der Waals surface area (Å²) >= 11 is 0. The monoisotopic (exact) mass is 339 g/mol. The molecule has 1 heterocycles. The Bertz CT molecular complexity index is 638. The van der Waals surface area contributed by atoms with Gasteiger partial charge in [0.25, 0.3) is 0 Å². The van der Waals surface area contributed by atoms with Gasteiger partial charge in [0, 0.05) is 38.9 Å². The molecule has 1 N–H and O–H groups in total. The van der Waals surface area contributed by atoms with E-state index in [4.69, 9.17) is 0 Å². The summed E-state index contributed by atoms with van der Waals surface area (Å²) in [4.78, 5) is 16.6. The number of sulfone groups is 1. The lowest BCUT2D eigenvalue weighted by atomic mass is 10.2. The predicted octanol–water partition coefficient (Wildman–Crippen LogP) is 1.20. The molecule has 0 spiro atoms. The molecule has 0 atom stereocenters. The van der Waals surface area contributed by atoms with Crippen LogP contribution in [-0.2, 0) is 14.6 Å². The standard InChI is InChI=1S/C16H25N3O3S/c1-3-18-9-11-19(12-10-18)15-7-5-4-6-14(15)17-16(20)8-13-23(2,21)22/h4-7H,3,8-13H2,1-2H3,(H,17,20). The SMILES string of the molecule is CCN1CCN(c2ccccc2NC(=O)CCS(C)(=O)=O)CC1. The largest absolute Gasteiger partial charge is 0.367 e. The van der Waals surface area contributed by atoms with Crippen LogP contribution in [0.15, 0.2) is 24.3 Å². The lowest BCUT2D eigenvalue weighted by Gasteiger charge is -2.36. The first-order valence-corrected chi connectivity index (χ1v) is 9.99. The summed E-state index contributed by atoms with van der Waals surface area (Å²) in [5.41, 5.74) is 1.74. The zero-order valence-corrected chi connectivity index (χ0v) is 14.6. The lowest BCUT2D eigenvalue weighted by molar-refractivity contribution is -0.115. The Morgan fingerprint density at radius 2 is 1.83 bits per heavy atom. The number of nitrogens with zero attached hydrogens (tertiary/aromatic N) is 2. The van der Waals surface area contributed by atoms with E-state index < -0.39 is 9.84 Å². The molecule has 1 aliphatic heterocycles. The first kappa shape index (κ1) is 17.7. The van der Waals surface area contributed by atoms with Gasteiger partial charge in [-0.3, -0.25) is 4.79 Å². The molecule has 6 nitrogen and oxygen atoms in total. The fraction of sp³-hybridized carbons (Fsp3) is 0.562. The zero-order valence-electron chi connectivity index (χ0n) is 13.8. The number of carbonyl (C=O) groups excluding carboxylic acids is 1. The van der Waals surface area contributed by atoms with Gasteiger partial charge < -0.3 is 15.1 Å². The summed E-state index contributed by atoms with van der Waals surface area (Å²) in [6.07, 6.45) is 1.12. The predicted molar refractivity (Wildman–Crippen MR) is 93.7 cm³/mol. The van der Waals surface area contributed by atoms with Crippen molar-refractivity contribution < 1.29 is 13.2 Å². The molecule has 0 radical (unpaired) electrons. The van der Waals surface area contributed by atoms with Crippen LogP contribution in [0.1, 0.15) is 13.3 Å². The number of para-hydroxylation sites is 2. The van der Waals surface area contributed by atoms with Gasteiger partial charge in [-0.2, -0.15) is 0 Å². The highest BCUT2D eigenvalue weighted by Crippen LogP contribution is 2.26. The van der Waals surface area contributed by atoms with Crippen LogP contribution >= 0.6 is 0 Å². The van der Waals surface area contributed by atoms with Crippen LogP contribution in [0.5, 0.6) is 0 Å². The van der Waals surface area contributed by atoms with Crippen molar-refractivity contribution in [2.24, 2.45) is 0 Å². The average Bonchev–Trinajstić information content (AvgIpc) is 2.53. The molecule has 1 aromatic carbocycles. The molecular formula is C16H25N3O3S. The Morgan fingerprint density at radius 1 is 1.17 bits per heavy atom. The van der Waals surface area contributed by atoms with Crippen LogP contribution in [-0.4, -0.2) is 64.0 Å². The second-order valence-corrected chi connectivity index (χ2v) is 8.13. The van der Waals surface area contributed by atoms with Gasteiger partial charge in [-0.1, -0.05) is 19.1 Å². The minimum absolute atomic E-state index is 0.0171. The Balaban J connectivity index is 2.02. The first-order valence-electron chi connectivity index (χ1n) is 7.93. The number of piperazine rings is 1. The summed E-state index contributed by atoms with van der Waals surface area (Å²) in [7, 11) is -3.13. The number of rotatable bonds is 6. The maximum absolute atomic E-state index is 12.0. The third-order valence-electron chi connectivity index (χ3n) is 4.04. The molecule has 7 heteroatoms. The summed E-state index contributed by atoms with van der Waals surface area (Å²) in [6, 6.07) is 7.68. The van der Waals surface area contributed by atoms with E-state index in [1.165, 1.54) is 0 Å². The van der Waals surface area contributed by atoms with E-state index in [2.05, 4.69) is 22.0 Å². The number of amides is 1. The molecule has 1 amide bonds. The van der Waals surface area contributed by atoms with Gasteiger partial charge in [-0.25, -0.2) is 8.42 Å². The van der Waals surface area contributed by atoms with Crippen LogP contribution in [0.4, 0.5) is 11.4 Å². The smallest absolute Gasteiger partial charge is 0.225 e. The fourth-order valence-corrected chi connectivity index (χ4v) is 3.21. The molecular weight excluding hydrogens is 314 g/mol. The van der Waals surface area contributed by atoms with E-state index in [-0.39, 0.29) is 18.1 Å². The molecule has 0 aliphatic carbocycles. The number of anilines is 2. The Morgan fingerprint density at radius 3 is 2.43 bits per heavy atom. The van der Waals surface area contributed by atoms with Crippen LogP contribution in [0, 0.1) is 0 Å². The fourth-order valence-electron chi connectivity index (χ4n) is 2.65. The molecule has 1 aliphatic rings. The Hall–Kier alpha value is -1.60. The molecule has 0 aromatic heterocycles. The normalized spacial score (nSPS) is 16.3. The van der Waals surface area contributed by atoms with Crippen molar-refractivity contribution in [1.82, 2.24) is 4.90 Å². The number of benzene rings is 1. The van der Waals surface area contributed by atoms with E-state index in [9.17, 15) is 13.2 Å². The summed E-state index contributed by atoms with van der Waals surface area (Å²) in [6.45, 7) is 7.07. The number of carbonyl (C=O) groups is 1. The zero-order chi connectivity index (χ0) is 16.9. The average molecular weight is 339 g/mol. The highest BCUT2D eigenvalue weighted by atomic mass is 32.2. The second kappa shape index (κ2) is 7.79. The van der Waals surface area contributed by atoms with Gasteiger partial charge >= 0.3 is 0 Å². The van der Waals surface area contributed by atoms with Crippen LogP contribution in [0.2, 0.25) is 0 Å². The van der Waals surface area contributed by atoms with Crippen LogP contribution < -0.4 is 10.2 Å². The maximum atomic E-state index is 12.0. The number of hydrogen-bond acceptors (Lipinski definition) is 5. The van der Waals surface area contributed by atoms with Gasteiger partial charge in [0.2, 0.25) is 5.91 Å². The molecule has 1 aromatic rings. The van der Waals surface area contributed by atoms with Gasteiger partial charge in [0.05, 0.1) is 17.1 Å². The number of nitrogens with one attached hydrogen (secondary N) is 1. The van der Waals surface area contributed by atoms with Crippen molar-refractivity contribution in [3.63, 3.8) is 0 Å². The minimum Gasteiger partial charge on any atom is -0.367 e. The quantitative estimate of drug-likeness (QED) is 0.843. The minimum atomic E-state index is -3.13. The molecule has 0 bridgehead atoms. The molecule has 1 fully saturated rings. The lowest BCUT2D eigenvalue weighted by Crippen LogP contribution is -2.46. The summed E-state index contributed by atoms with van der Waals surface area (Å²) in [5, 5.41) is 2.85. The molecule has 0 unspecified atom stereocenters. The van der Waals surface area contributed by atoms with Gasteiger partial charge in [-0.15, -0.1) is 0 Å². The summed E-state index contributed by atoms with van der Waals surface area (Å²) < 4.78 is 22.3.